The summed E-state index contributed by atoms with van der Waals surface area (Å²) in [6.45, 7) is 0. The Bertz CT molecular complexity index is 1260. The minimum absolute atomic E-state index is 0. The van der Waals surface area contributed by atoms with Gasteiger partial charge in [0, 0.05) is 10.8 Å². The van der Waals surface area contributed by atoms with E-state index in [1.807, 2.05) is 0 Å². The molecule has 144 valence electrons. The van der Waals surface area contributed by atoms with Crippen molar-refractivity contribution in [2.24, 2.45) is 0 Å². The Balaban J connectivity index is -0.00000182. The maximum Gasteiger partial charge on any atom is 1.00 e. The average molecular weight is 601 g/mol. The predicted molar refractivity (Wildman–Crippen MR) is 75.8 cm³/mol. The van der Waals surface area contributed by atoms with Crippen LogP contribution < -0.4 is 206 Å². The Morgan fingerprint density at radius 3 is 0.833 bits per heavy atom. The van der Waals surface area contributed by atoms with E-state index in [0.717, 1.165) is 0 Å². The van der Waals surface area contributed by atoms with Gasteiger partial charge >= 0.3 is 206 Å². The first-order valence-electron chi connectivity index (χ1n) is 5.88. The SMILES string of the molecule is O=S(=O)([O-])c1cc(S(=O)(=O)[O-])c2cc(S(=O)(=O)[O-])cc(S(=O)(=O)[O-])c2c1.[K+].[K+].[K+].[K+]. The molecule has 2 aromatic carbocycles. The molecule has 2 aromatic rings. The van der Waals surface area contributed by atoms with Crippen LogP contribution >= 0.6 is 0 Å². The summed E-state index contributed by atoms with van der Waals surface area (Å²) in [5.41, 5.74) is 0. The first kappa shape index (κ1) is 39.4. The van der Waals surface area contributed by atoms with Crippen LogP contribution in [0.3, 0.4) is 0 Å². The fourth-order valence-corrected chi connectivity index (χ4v) is 4.66. The molecule has 30 heavy (non-hydrogen) atoms. The molecule has 0 aliphatic carbocycles. The van der Waals surface area contributed by atoms with E-state index in [-0.39, 0.29) is 230 Å². The first-order chi connectivity index (χ1) is 11.4. The third-order valence-electron chi connectivity index (χ3n) is 3.06. The second-order valence-electron chi connectivity index (χ2n) is 4.75. The van der Waals surface area contributed by atoms with Gasteiger partial charge < -0.3 is 18.2 Å². The van der Waals surface area contributed by atoms with Gasteiger partial charge in [0.1, 0.15) is 40.5 Å². The van der Waals surface area contributed by atoms with Crippen LogP contribution in [0.1, 0.15) is 0 Å². The molecule has 12 nitrogen and oxygen atoms in total. The molecular weight excluding hydrogens is 597 g/mol. The second kappa shape index (κ2) is 14.2. The van der Waals surface area contributed by atoms with E-state index >= 15 is 0 Å². The summed E-state index contributed by atoms with van der Waals surface area (Å²) in [4.78, 5) is -5.72. The van der Waals surface area contributed by atoms with Gasteiger partial charge in [0.25, 0.3) is 0 Å². The number of fused-ring (bicyclic) bond motifs is 1. The van der Waals surface area contributed by atoms with Crippen molar-refractivity contribution in [2.75, 3.05) is 0 Å². The van der Waals surface area contributed by atoms with Gasteiger partial charge in [0.15, 0.2) is 0 Å². The van der Waals surface area contributed by atoms with Crippen molar-refractivity contribution in [2.45, 2.75) is 19.6 Å². The Kier molecular flexibility index (Phi) is 18.6. The monoisotopic (exact) mass is 600 g/mol. The molecule has 0 atom stereocenters. The van der Waals surface area contributed by atoms with Crippen molar-refractivity contribution >= 4 is 51.2 Å². The zero-order chi connectivity index (χ0) is 20.3. The van der Waals surface area contributed by atoms with Crippen molar-refractivity contribution in [3.8, 4) is 0 Å². The quantitative estimate of drug-likeness (QED) is 0.235. The standard InChI is InChI=1S/C10H8O12S4.4K/c11-23(12,13)5-1-7-8(10(3-5)26(20,21)22)2-6(24(14,15)16)4-9(7)25(17,18)19;;;;/h1-4H,(H,11,12,13)(H,14,15,16)(H,17,18,19)(H,20,21,22);;;;/q;4*+1/p-4. The van der Waals surface area contributed by atoms with E-state index in [2.05, 4.69) is 0 Å². The number of hydrogen-bond acceptors (Lipinski definition) is 12. The predicted octanol–water partition coefficient (Wildman–Crippen LogP) is -13.5. The van der Waals surface area contributed by atoms with Gasteiger partial charge in [-0.1, -0.05) is 0 Å². The zero-order valence-electron chi connectivity index (χ0n) is 15.8. The van der Waals surface area contributed by atoms with Gasteiger partial charge in [-0.25, -0.2) is 33.7 Å². The summed E-state index contributed by atoms with van der Waals surface area (Å²) in [7, 11) is -22.0. The summed E-state index contributed by atoms with van der Waals surface area (Å²) >= 11 is 0. The van der Waals surface area contributed by atoms with Crippen LogP contribution in [0.25, 0.3) is 10.8 Å². The number of rotatable bonds is 4. The molecule has 0 heterocycles. The van der Waals surface area contributed by atoms with E-state index in [1.54, 1.807) is 0 Å². The van der Waals surface area contributed by atoms with Crippen molar-refractivity contribution in [1.82, 2.24) is 0 Å². The van der Waals surface area contributed by atoms with Gasteiger partial charge in [0.05, 0.1) is 19.6 Å². The maximum atomic E-state index is 11.3. The molecule has 0 aliphatic rings. The summed E-state index contributed by atoms with van der Waals surface area (Å²) in [5.74, 6) is 0. The smallest absolute Gasteiger partial charge is 0.744 e. The van der Waals surface area contributed by atoms with Crippen molar-refractivity contribution in [3.05, 3.63) is 24.3 Å². The molecule has 0 N–H and O–H groups in total. The molecule has 20 heteroatoms. The van der Waals surface area contributed by atoms with Crippen molar-refractivity contribution in [3.63, 3.8) is 0 Å². The fraction of sp³-hybridized carbons (Fsp3) is 0. The van der Waals surface area contributed by atoms with Crippen molar-refractivity contribution < 1.29 is 257 Å². The van der Waals surface area contributed by atoms with Crippen LogP contribution in [0.4, 0.5) is 0 Å². The van der Waals surface area contributed by atoms with Crippen LogP contribution in [-0.4, -0.2) is 51.9 Å². The molecule has 0 fully saturated rings. The summed E-state index contributed by atoms with van der Waals surface area (Å²) in [6, 6.07) is 0.682. The zero-order valence-corrected chi connectivity index (χ0v) is 31.6. The van der Waals surface area contributed by atoms with Crippen LogP contribution in [0.15, 0.2) is 43.8 Å². The van der Waals surface area contributed by atoms with Gasteiger partial charge in [-0.05, 0) is 24.3 Å². The maximum absolute atomic E-state index is 11.3. The van der Waals surface area contributed by atoms with Gasteiger partial charge in [0.2, 0.25) is 0 Å². The van der Waals surface area contributed by atoms with E-state index in [1.165, 1.54) is 0 Å². The van der Waals surface area contributed by atoms with E-state index in [9.17, 15) is 51.9 Å². The largest absolute Gasteiger partial charge is 1.00 e. The number of benzene rings is 2. The fourth-order valence-electron chi connectivity index (χ4n) is 2.05. The minimum Gasteiger partial charge on any atom is -0.744 e. The molecule has 2 rings (SSSR count). The van der Waals surface area contributed by atoms with Crippen LogP contribution in [0.5, 0.6) is 0 Å². The Labute approximate surface area is 342 Å². The molecular formula is C10H4K4O12S4. The van der Waals surface area contributed by atoms with Gasteiger partial charge in [-0.3, -0.25) is 0 Å². The van der Waals surface area contributed by atoms with E-state index in [4.69, 9.17) is 0 Å². The molecule has 0 aromatic heterocycles. The molecule has 0 bridgehead atoms. The molecule has 0 radical (unpaired) electrons. The average Bonchev–Trinajstić information content (AvgIpc) is 2.40. The molecule has 0 spiro atoms. The molecule has 0 saturated carbocycles. The Hall–Kier alpha value is 4.89. The van der Waals surface area contributed by atoms with Gasteiger partial charge in [-0.2, -0.15) is 0 Å². The van der Waals surface area contributed by atoms with Crippen LogP contribution in [0, 0.1) is 0 Å². The summed E-state index contributed by atoms with van der Waals surface area (Å²) in [6.07, 6.45) is 0. The third kappa shape index (κ3) is 10.3. The minimum atomic E-state index is -5.58. The summed E-state index contributed by atoms with van der Waals surface area (Å²) < 4.78 is 135. The van der Waals surface area contributed by atoms with E-state index in [0.29, 0.717) is 0 Å². The van der Waals surface area contributed by atoms with Gasteiger partial charge in [-0.15, -0.1) is 0 Å². The summed E-state index contributed by atoms with van der Waals surface area (Å²) in [5, 5.41) is -2.06. The van der Waals surface area contributed by atoms with Crippen LogP contribution in [-0.2, 0) is 40.5 Å². The first-order valence-corrected chi connectivity index (χ1v) is 11.5. The molecule has 0 unspecified atom stereocenters. The molecule has 0 amide bonds. The normalized spacial score (nSPS) is 12.0. The van der Waals surface area contributed by atoms with Crippen LogP contribution in [0.2, 0.25) is 0 Å². The van der Waals surface area contributed by atoms with E-state index < -0.39 is 70.8 Å². The van der Waals surface area contributed by atoms with Crippen molar-refractivity contribution in [1.29, 1.82) is 0 Å². The Morgan fingerprint density at radius 2 is 0.667 bits per heavy atom. The Morgan fingerprint density at radius 1 is 0.433 bits per heavy atom. The third-order valence-corrected chi connectivity index (χ3v) is 6.44. The number of hydrogen-bond donors (Lipinski definition) is 0. The molecule has 0 aliphatic heterocycles. The second-order valence-corrected chi connectivity index (χ2v) is 10.2. The molecule has 0 saturated heterocycles. The topological polar surface area (TPSA) is 229 Å².